The summed E-state index contributed by atoms with van der Waals surface area (Å²) in [5.41, 5.74) is 0.768. The van der Waals surface area contributed by atoms with Gasteiger partial charge >= 0.3 is 0 Å². The van der Waals surface area contributed by atoms with E-state index in [9.17, 15) is 23.6 Å². The Hall–Kier alpha value is -1.55. The largest absolute Gasteiger partial charge is 0.394 e. The molecule has 0 aliphatic carbocycles. The van der Waals surface area contributed by atoms with Gasteiger partial charge in [-0.05, 0) is 12.0 Å². The molecule has 0 saturated carbocycles. The van der Waals surface area contributed by atoms with E-state index in [1.807, 2.05) is 4.90 Å². The summed E-state index contributed by atoms with van der Waals surface area (Å²) in [5.74, 6) is 0.141. The number of nitro benzene ring substituents is 1. The fourth-order valence-electron chi connectivity index (χ4n) is 2.69. The van der Waals surface area contributed by atoms with Gasteiger partial charge in [-0.2, -0.15) is 0 Å². The number of nitro groups is 1. The zero-order valence-electron chi connectivity index (χ0n) is 12.5. The van der Waals surface area contributed by atoms with Crippen LogP contribution in [0.3, 0.4) is 0 Å². The summed E-state index contributed by atoms with van der Waals surface area (Å²) in [4.78, 5) is 12.0. The number of nitrogens with zero attached hydrogens (tertiary/aromatic N) is 2. The molecular formula is C14H20N2O6S. The van der Waals surface area contributed by atoms with Crippen molar-refractivity contribution in [2.45, 2.75) is 25.1 Å². The molecular weight excluding hydrogens is 324 g/mol. The first-order valence-electron chi connectivity index (χ1n) is 7.27. The van der Waals surface area contributed by atoms with Gasteiger partial charge < -0.3 is 10.2 Å². The van der Waals surface area contributed by atoms with Crippen LogP contribution in [0.4, 0.5) is 5.69 Å². The lowest BCUT2D eigenvalue weighted by Crippen LogP contribution is -2.41. The Labute approximate surface area is 134 Å². The van der Waals surface area contributed by atoms with Crippen LogP contribution in [0.15, 0.2) is 24.3 Å². The highest BCUT2D eigenvalue weighted by atomic mass is 32.2. The van der Waals surface area contributed by atoms with Crippen LogP contribution >= 0.6 is 0 Å². The lowest BCUT2D eigenvalue weighted by atomic mass is 10.1. The maximum Gasteiger partial charge on any atom is 0.269 e. The van der Waals surface area contributed by atoms with E-state index in [2.05, 4.69) is 0 Å². The van der Waals surface area contributed by atoms with Gasteiger partial charge in [0.25, 0.3) is 5.69 Å². The van der Waals surface area contributed by atoms with E-state index in [1.54, 1.807) is 12.1 Å². The number of non-ortho nitro benzene ring substituents is 1. The Morgan fingerprint density at radius 2 is 2.00 bits per heavy atom. The predicted octanol–water partition coefficient (Wildman–Crippen LogP) is -0.0629. The van der Waals surface area contributed by atoms with E-state index < -0.39 is 27.5 Å². The third kappa shape index (κ3) is 4.96. The van der Waals surface area contributed by atoms with Crippen LogP contribution in [0.1, 0.15) is 12.0 Å². The summed E-state index contributed by atoms with van der Waals surface area (Å²) in [7, 11) is -3.07. The normalized spacial score (nSPS) is 21.4. The molecule has 23 heavy (non-hydrogen) atoms. The van der Waals surface area contributed by atoms with Gasteiger partial charge in [0.1, 0.15) is 0 Å². The number of sulfone groups is 1. The number of aliphatic hydroxyl groups is 2. The van der Waals surface area contributed by atoms with E-state index in [-0.39, 0.29) is 29.8 Å². The molecule has 2 atom stereocenters. The Morgan fingerprint density at radius 3 is 2.48 bits per heavy atom. The number of benzene rings is 1. The predicted molar refractivity (Wildman–Crippen MR) is 83.7 cm³/mol. The minimum absolute atomic E-state index is 0.0147. The zero-order valence-corrected chi connectivity index (χ0v) is 13.4. The molecule has 0 spiro atoms. The van der Waals surface area contributed by atoms with Crippen LogP contribution in [0, 0.1) is 10.1 Å². The Balaban J connectivity index is 2.12. The van der Waals surface area contributed by atoms with Gasteiger partial charge in [0, 0.05) is 31.3 Å². The van der Waals surface area contributed by atoms with Gasteiger partial charge in [0.15, 0.2) is 9.84 Å². The molecule has 1 heterocycles. The van der Waals surface area contributed by atoms with Crippen molar-refractivity contribution in [2.75, 3.05) is 24.7 Å². The van der Waals surface area contributed by atoms with Crippen molar-refractivity contribution in [1.82, 2.24) is 4.90 Å². The van der Waals surface area contributed by atoms with Crippen LogP contribution in [0.25, 0.3) is 0 Å². The third-order valence-electron chi connectivity index (χ3n) is 3.91. The summed E-state index contributed by atoms with van der Waals surface area (Å²) >= 11 is 0. The Bertz CT molecular complexity index is 646. The molecule has 1 aliphatic rings. The van der Waals surface area contributed by atoms with Gasteiger partial charge in [0.05, 0.1) is 29.1 Å². The van der Waals surface area contributed by atoms with Crippen molar-refractivity contribution in [3.8, 4) is 0 Å². The molecule has 0 unspecified atom stereocenters. The minimum Gasteiger partial charge on any atom is -0.394 e. The molecule has 1 saturated heterocycles. The van der Waals surface area contributed by atoms with Crippen molar-refractivity contribution in [2.24, 2.45) is 0 Å². The lowest BCUT2D eigenvalue weighted by molar-refractivity contribution is -0.384. The van der Waals surface area contributed by atoms with Gasteiger partial charge in [-0.3, -0.25) is 15.0 Å². The van der Waals surface area contributed by atoms with E-state index in [0.29, 0.717) is 13.0 Å². The summed E-state index contributed by atoms with van der Waals surface area (Å²) in [6.45, 7) is 0.0964. The van der Waals surface area contributed by atoms with Gasteiger partial charge in [-0.25, -0.2) is 8.42 Å². The minimum atomic E-state index is -3.07. The molecule has 0 radical (unpaired) electrons. The van der Waals surface area contributed by atoms with Crippen LogP contribution in [0.2, 0.25) is 0 Å². The Morgan fingerprint density at radius 1 is 1.35 bits per heavy atom. The molecule has 9 heteroatoms. The molecule has 2 rings (SSSR count). The first-order valence-corrected chi connectivity index (χ1v) is 9.09. The van der Waals surface area contributed by atoms with Gasteiger partial charge in [0.2, 0.25) is 0 Å². The molecule has 1 aliphatic heterocycles. The summed E-state index contributed by atoms with van der Waals surface area (Å²) < 4.78 is 23.3. The average molecular weight is 344 g/mol. The fourth-order valence-corrected chi connectivity index (χ4v) is 4.45. The fraction of sp³-hybridized carbons (Fsp3) is 0.571. The second-order valence-corrected chi connectivity index (χ2v) is 7.97. The zero-order chi connectivity index (χ0) is 17.0. The first-order chi connectivity index (χ1) is 10.8. The monoisotopic (exact) mass is 344 g/mol. The van der Waals surface area contributed by atoms with Crippen molar-refractivity contribution in [3.63, 3.8) is 0 Å². The number of hydrogen-bond donors (Lipinski definition) is 2. The first kappa shape index (κ1) is 17.8. The van der Waals surface area contributed by atoms with E-state index in [0.717, 1.165) is 5.56 Å². The van der Waals surface area contributed by atoms with E-state index in [4.69, 9.17) is 5.11 Å². The maximum absolute atomic E-state index is 11.7. The molecule has 8 nitrogen and oxygen atoms in total. The molecule has 0 bridgehead atoms. The second-order valence-electron chi connectivity index (χ2n) is 5.75. The van der Waals surface area contributed by atoms with Crippen LogP contribution < -0.4 is 0 Å². The topological polar surface area (TPSA) is 121 Å². The SMILES string of the molecule is O=[N+]([O-])c1ccc(CN(C[C@H](O)CO)[C@@H]2CCS(=O)(=O)C2)cc1. The average Bonchev–Trinajstić information content (AvgIpc) is 2.87. The molecule has 1 aromatic rings. The molecule has 0 amide bonds. The number of aliphatic hydroxyl groups excluding tert-OH is 2. The standard InChI is InChI=1S/C14H20N2O6S/c17-9-14(18)8-15(13-5-6-23(21,22)10-13)7-11-1-3-12(4-2-11)16(19)20/h1-4,13-14,17-18H,5-10H2/t13-,14+/m1/s1. The second kappa shape index (κ2) is 7.35. The van der Waals surface area contributed by atoms with Crippen molar-refractivity contribution < 1.29 is 23.6 Å². The summed E-state index contributed by atoms with van der Waals surface area (Å²) in [6, 6.07) is 5.78. The van der Waals surface area contributed by atoms with E-state index in [1.165, 1.54) is 12.1 Å². The molecule has 1 aromatic carbocycles. The maximum atomic E-state index is 11.7. The molecule has 1 fully saturated rings. The smallest absolute Gasteiger partial charge is 0.269 e. The highest BCUT2D eigenvalue weighted by molar-refractivity contribution is 7.91. The number of hydrogen-bond acceptors (Lipinski definition) is 7. The number of rotatable bonds is 7. The third-order valence-corrected chi connectivity index (χ3v) is 5.66. The summed E-state index contributed by atoms with van der Waals surface area (Å²) in [6.07, 6.45) is -0.482. The van der Waals surface area contributed by atoms with Crippen LogP contribution in [0.5, 0.6) is 0 Å². The van der Waals surface area contributed by atoms with E-state index >= 15 is 0 Å². The summed E-state index contributed by atoms with van der Waals surface area (Å²) in [5, 5.41) is 29.4. The highest BCUT2D eigenvalue weighted by Crippen LogP contribution is 2.21. The lowest BCUT2D eigenvalue weighted by Gasteiger charge is -2.29. The molecule has 0 aromatic heterocycles. The van der Waals surface area contributed by atoms with Crippen LogP contribution in [-0.2, 0) is 16.4 Å². The van der Waals surface area contributed by atoms with Crippen LogP contribution in [-0.4, -0.2) is 65.3 Å². The molecule has 2 N–H and O–H groups in total. The highest BCUT2D eigenvalue weighted by Gasteiger charge is 2.33. The van der Waals surface area contributed by atoms with Gasteiger partial charge in [-0.1, -0.05) is 12.1 Å². The van der Waals surface area contributed by atoms with Crippen molar-refractivity contribution in [3.05, 3.63) is 39.9 Å². The Kier molecular flexibility index (Phi) is 5.69. The van der Waals surface area contributed by atoms with Gasteiger partial charge in [-0.15, -0.1) is 0 Å². The van der Waals surface area contributed by atoms with Crippen molar-refractivity contribution >= 4 is 15.5 Å². The van der Waals surface area contributed by atoms with Crippen molar-refractivity contribution in [1.29, 1.82) is 0 Å². The quantitative estimate of drug-likeness (QED) is 0.525. The molecule has 128 valence electrons.